The van der Waals surface area contributed by atoms with E-state index in [4.69, 9.17) is 11.6 Å². The highest BCUT2D eigenvalue weighted by atomic mass is 35.5. The average Bonchev–Trinajstić information content (AvgIpc) is 2.99. The fourth-order valence-electron chi connectivity index (χ4n) is 4.10. The van der Waals surface area contributed by atoms with E-state index in [-0.39, 0.29) is 5.91 Å². The summed E-state index contributed by atoms with van der Waals surface area (Å²) in [5.41, 5.74) is 4.02. The lowest BCUT2D eigenvalue weighted by Gasteiger charge is -2.24. The summed E-state index contributed by atoms with van der Waals surface area (Å²) in [4.78, 5) is 12.7. The maximum Gasteiger partial charge on any atom is 0.253 e. The number of hydrogen-bond acceptors (Lipinski definition) is 1. The van der Waals surface area contributed by atoms with E-state index in [1.165, 1.54) is 32.1 Å². The van der Waals surface area contributed by atoms with E-state index in [9.17, 15) is 4.79 Å². The van der Waals surface area contributed by atoms with E-state index in [0.717, 1.165) is 53.5 Å². The molecule has 1 heterocycles. The third-order valence-corrected chi connectivity index (χ3v) is 5.95. The number of benzene rings is 1. The molecule has 3 rings (SSSR count). The minimum Gasteiger partial charge on any atom is -0.352 e. The fraction of sp³-hybridized carbons (Fsp3) is 0.522. The number of unbranched alkanes of at least 4 members (excludes halogenated alkanes) is 1. The molecule has 0 aliphatic heterocycles. The highest BCUT2D eigenvalue weighted by Crippen LogP contribution is 2.32. The molecule has 1 N–H and O–H groups in total. The van der Waals surface area contributed by atoms with Gasteiger partial charge < -0.3 is 9.88 Å². The van der Waals surface area contributed by atoms with E-state index >= 15 is 0 Å². The highest BCUT2D eigenvalue weighted by Gasteiger charge is 2.22. The zero-order valence-electron chi connectivity index (χ0n) is 16.6. The van der Waals surface area contributed by atoms with Gasteiger partial charge in [0.25, 0.3) is 5.91 Å². The van der Waals surface area contributed by atoms with E-state index in [2.05, 4.69) is 29.8 Å². The summed E-state index contributed by atoms with van der Waals surface area (Å²) >= 11 is 6.24. The summed E-state index contributed by atoms with van der Waals surface area (Å²) in [5.74, 6) is 0.727. The number of halogens is 1. The molecule has 1 saturated carbocycles. The van der Waals surface area contributed by atoms with Crippen molar-refractivity contribution in [3.05, 3.63) is 46.6 Å². The molecule has 1 aliphatic carbocycles. The Labute approximate surface area is 168 Å². The van der Waals surface area contributed by atoms with Crippen LogP contribution in [0.3, 0.4) is 0 Å². The van der Waals surface area contributed by atoms with Gasteiger partial charge in [-0.25, -0.2) is 0 Å². The van der Waals surface area contributed by atoms with Gasteiger partial charge in [0.1, 0.15) is 0 Å². The molecular weight excluding hydrogens is 356 g/mol. The Balaban J connectivity index is 1.93. The van der Waals surface area contributed by atoms with E-state index in [1.54, 1.807) is 0 Å². The number of amides is 1. The Kier molecular flexibility index (Phi) is 7.01. The number of carbonyl (C=O) groups excluding carboxylic acids is 1. The molecular formula is C23H31ClN2O. The van der Waals surface area contributed by atoms with Crippen molar-refractivity contribution in [3.63, 3.8) is 0 Å². The van der Waals surface area contributed by atoms with Crippen molar-refractivity contribution in [2.75, 3.05) is 6.54 Å². The van der Waals surface area contributed by atoms with Crippen LogP contribution in [-0.4, -0.2) is 17.0 Å². The number of hydrogen-bond donors (Lipinski definition) is 1. The van der Waals surface area contributed by atoms with Crippen LogP contribution >= 0.6 is 11.6 Å². The second-order valence-electron chi connectivity index (χ2n) is 7.76. The predicted octanol–water partition coefficient (Wildman–Crippen LogP) is 6.23. The highest BCUT2D eigenvalue weighted by molar-refractivity contribution is 6.30. The minimum atomic E-state index is 0.0339. The lowest BCUT2D eigenvalue weighted by atomic mass is 9.89. The first-order chi connectivity index (χ1) is 13.1. The van der Waals surface area contributed by atoms with Gasteiger partial charge in [-0.1, -0.05) is 56.3 Å². The monoisotopic (exact) mass is 386 g/mol. The maximum atomic E-state index is 12.7. The van der Waals surface area contributed by atoms with Gasteiger partial charge in [0.05, 0.1) is 5.56 Å². The van der Waals surface area contributed by atoms with E-state index in [0.29, 0.717) is 5.92 Å². The van der Waals surface area contributed by atoms with Crippen LogP contribution in [0.4, 0.5) is 0 Å². The summed E-state index contributed by atoms with van der Waals surface area (Å²) < 4.78 is 2.34. The van der Waals surface area contributed by atoms with Crippen LogP contribution in [0.5, 0.6) is 0 Å². The first kappa shape index (κ1) is 20.0. The Morgan fingerprint density at radius 1 is 1.22 bits per heavy atom. The van der Waals surface area contributed by atoms with Crippen LogP contribution in [0, 0.1) is 12.8 Å². The molecule has 4 heteroatoms. The SMILES string of the molecule is CCCCNC(=O)c1cc(-c2cccc(Cl)c2)n(CC2CCCCC2)c1C. The molecule has 0 radical (unpaired) electrons. The smallest absolute Gasteiger partial charge is 0.253 e. The number of nitrogens with zero attached hydrogens (tertiary/aromatic N) is 1. The summed E-state index contributed by atoms with van der Waals surface area (Å²) in [6.07, 6.45) is 8.65. The molecule has 1 aromatic carbocycles. The number of carbonyl (C=O) groups is 1. The summed E-state index contributed by atoms with van der Waals surface area (Å²) in [6.45, 7) is 5.92. The maximum absolute atomic E-state index is 12.7. The number of nitrogens with one attached hydrogen (secondary N) is 1. The molecule has 0 bridgehead atoms. The molecule has 0 unspecified atom stereocenters. The third kappa shape index (κ3) is 4.95. The number of aromatic nitrogens is 1. The van der Waals surface area contributed by atoms with Crippen molar-refractivity contribution in [1.82, 2.24) is 9.88 Å². The van der Waals surface area contributed by atoms with Gasteiger partial charge in [-0.15, -0.1) is 0 Å². The van der Waals surface area contributed by atoms with Crippen molar-refractivity contribution in [1.29, 1.82) is 0 Å². The summed E-state index contributed by atoms with van der Waals surface area (Å²) in [5, 5.41) is 3.80. The van der Waals surface area contributed by atoms with Crippen molar-refractivity contribution >= 4 is 17.5 Å². The van der Waals surface area contributed by atoms with Gasteiger partial charge in [-0.2, -0.15) is 0 Å². The zero-order valence-corrected chi connectivity index (χ0v) is 17.3. The molecule has 2 aromatic rings. The Morgan fingerprint density at radius 3 is 2.70 bits per heavy atom. The topological polar surface area (TPSA) is 34.0 Å². The van der Waals surface area contributed by atoms with Crippen LogP contribution in [-0.2, 0) is 6.54 Å². The normalized spacial score (nSPS) is 15.1. The lowest BCUT2D eigenvalue weighted by molar-refractivity contribution is 0.0952. The third-order valence-electron chi connectivity index (χ3n) is 5.71. The van der Waals surface area contributed by atoms with Crippen LogP contribution in [0.15, 0.2) is 30.3 Å². The molecule has 146 valence electrons. The Bertz CT molecular complexity index is 775. The van der Waals surface area contributed by atoms with Crippen LogP contribution < -0.4 is 5.32 Å². The van der Waals surface area contributed by atoms with Crippen LogP contribution in [0.1, 0.15) is 67.9 Å². The van der Waals surface area contributed by atoms with Gasteiger partial charge in [-0.05, 0) is 55.9 Å². The van der Waals surface area contributed by atoms with Crippen molar-refractivity contribution < 1.29 is 4.79 Å². The van der Waals surface area contributed by atoms with Gasteiger partial charge in [0, 0.05) is 29.5 Å². The van der Waals surface area contributed by atoms with Gasteiger partial charge >= 0.3 is 0 Å². The Morgan fingerprint density at radius 2 is 2.00 bits per heavy atom. The predicted molar refractivity (Wildman–Crippen MR) is 113 cm³/mol. The number of rotatable bonds is 7. The molecule has 1 aliphatic rings. The van der Waals surface area contributed by atoms with E-state index in [1.807, 2.05) is 24.3 Å². The minimum absolute atomic E-state index is 0.0339. The molecule has 1 fully saturated rings. The molecule has 1 aromatic heterocycles. The second kappa shape index (κ2) is 9.45. The second-order valence-corrected chi connectivity index (χ2v) is 8.20. The molecule has 0 saturated heterocycles. The van der Waals surface area contributed by atoms with Crippen LogP contribution in [0.2, 0.25) is 5.02 Å². The summed E-state index contributed by atoms with van der Waals surface area (Å²) in [6, 6.07) is 9.99. The Hall–Kier alpha value is -1.74. The average molecular weight is 387 g/mol. The first-order valence-electron chi connectivity index (χ1n) is 10.3. The standard InChI is InChI=1S/C23H31ClN2O/c1-3-4-13-25-23(27)21-15-22(19-11-8-12-20(24)14-19)26(17(21)2)16-18-9-6-5-7-10-18/h8,11-12,14-15,18H,3-7,9-10,13,16H2,1-2H3,(H,25,27). The quantitative estimate of drug-likeness (QED) is 0.562. The first-order valence-corrected chi connectivity index (χ1v) is 10.7. The molecule has 0 atom stereocenters. The van der Waals surface area contributed by atoms with Crippen molar-refractivity contribution in [3.8, 4) is 11.3 Å². The zero-order chi connectivity index (χ0) is 19.2. The fourth-order valence-corrected chi connectivity index (χ4v) is 4.29. The van der Waals surface area contributed by atoms with Gasteiger partial charge in [0.2, 0.25) is 0 Å². The van der Waals surface area contributed by atoms with Crippen LogP contribution in [0.25, 0.3) is 11.3 Å². The molecule has 3 nitrogen and oxygen atoms in total. The molecule has 1 amide bonds. The van der Waals surface area contributed by atoms with Gasteiger partial charge in [-0.3, -0.25) is 4.79 Å². The van der Waals surface area contributed by atoms with E-state index < -0.39 is 0 Å². The largest absolute Gasteiger partial charge is 0.352 e. The van der Waals surface area contributed by atoms with Gasteiger partial charge in [0.15, 0.2) is 0 Å². The van der Waals surface area contributed by atoms with Crippen molar-refractivity contribution in [2.45, 2.75) is 65.3 Å². The lowest BCUT2D eigenvalue weighted by Crippen LogP contribution is -2.25. The summed E-state index contributed by atoms with van der Waals surface area (Å²) in [7, 11) is 0. The molecule has 0 spiro atoms. The van der Waals surface area contributed by atoms with Crippen molar-refractivity contribution in [2.24, 2.45) is 5.92 Å². The molecule has 27 heavy (non-hydrogen) atoms.